The molecule has 27 heavy (non-hydrogen) atoms. The predicted octanol–water partition coefficient (Wildman–Crippen LogP) is 2.28. The first-order valence-electron chi connectivity index (χ1n) is 8.79. The van der Waals surface area contributed by atoms with Crippen LogP contribution < -0.4 is 0 Å². The predicted molar refractivity (Wildman–Crippen MR) is 103 cm³/mol. The molecule has 0 aliphatic carbocycles. The molecule has 2 unspecified atom stereocenters. The van der Waals surface area contributed by atoms with E-state index in [1.165, 1.54) is 12.3 Å². The molecule has 1 N–H and O–H groups in total. The van der Waals surface area contributed by atoms with E-state index in [2.05, 4.69) is 24.9 Å². The first-order chi connectivity index (χ1) is 12.9. The third-order valence-electron chi connectivity index (χ3n) is 5.30. The van der Waals surface area contributed by atoms with E-state index in [-0.39, 0.29) is 17.6 Å². The number of amides is 1. The van der Waals surface area contributed by atoms with Crippen LogP contribution in [-0.2, 0) is 4.79 Å². The summed E-state index contributed by atoms with van der Waals surface area (Å²) in [4.78, 5) is 31.7. The first kappa shape index (κ1) is 17.4. The fourth-order valence-corrected chi connectivity index (χ4v) is 3.69. The highest BCUT2D eigenvalue weighted by Crippen LogP contribution is 2.45. The van der Waals surface area contributed by atoms with E-state index in [1.54, 1.807) is 25.3 Å². The van der Waals surface area contributed by atoms with Gasteiger partial charge in [-0.2, -0.15) is 0 Å². The van der Waals surface area contributed by atoms with Crippen LogP contribution in [0.1, 0.15) is 18.9 Å². The van der Waals surface area contributed by atoms with Crippen molar-refractivity contribution in [3.05, 3.63) is 36.0 Å². The number of aromatic amines is 1. The number of carbonyl (C=O) groups is 1. The minimum Gasteiger partial charge on any atom is -0.352 e. The number of pyridine rings is 1. The third-order valence-corrected chi connectivity index (χ3v) is 5.30. The second kappa shape index (κ2) is 6.29. The lowest BCUT2D eigenvalue weighted by molar-refractivity contribution is -0.129. The van der Waals surface area contributed by atoms with Crippen LogP contribution >= 0.6 is 0 Å². The van der Waals surface area contributed by atoms with E-state index < -0.39 is 5.66 Å². The molecule has 1 amide bonds. The maximum atomic E-state index is 13.8. The van der Waals surface area contributed by atoms with E-state index >= 15 is 0 Å². The average Bonchev–Trinajstić information content (AvgIpc) is 3.17. The number of hydrogen-bond acceptors (Lipinski definition) is 5. The van der Waals surface area contributed by atoms with Gasteiger partial charge in [0.2, 0.25) is 5.91 Å². The Balaban J connectivity index is 1.73. The molecule has 0 spiro atoms. The molecule has 4 rings (SSSR count). The number of fused-ring (bicyclic) bond motifs is 2. The van der Waals surface area contributed by atoms with Gasteiger partial charge >= 0.3 is 0 Å². The van der Waals surface area contributed by atoms with Gasteiger partial charge in [-0.25, -0.2) is 19.4 Å². The van der Waals surface area contributed by atoms with Crippen molar-refractivity contribution in [3.63, 3.8) is 0 Å². The molecule has 0 bridgehead atoms. The Morgan fingerprint density at radius 1 is 1.44 bits per heavy atom. The van der Waals surface area contributed by atoms with E-state index in [9.17, 15) is 9.18 Å². The summed E-state index contributed by atoms with van der Waals surface area (Å²) in [5, 5.41) is 0.720. The molecule has 2 aliphatic rings. The average molecular weight is 368 g/mol. The van der Waals surface area contributed by atoms with Gasteiger partial charge in [0.05, 0.1) is 12.1 Å². The number of nitrogens with zero attached hydrogens (tertiary/aromatic N) is 5. The molecule has 7 nitrogen and oxygen atoms in total. The summed E-state index contributed by atoms with van der Waals surface area (Å²) >= 11 is 0. The zero-order chi connectivity index (χ0) is 19.2. The fourth-order valence-electron chi connectivity index (χ4n) is 3.69. The summed E-state index contributed by atoms with van der Waals surface area (Å²) in [6.45, 7) is 2.56. The zero-order valence-corrected chi connectivity index (χ0v) is 15.5. The molecule has 0 fully saturated rings. The van der Waals surface area contributed by atoms with Gasteiger partial charge in [0.1, 0.15) is 23.5 Å². The van der Waals surface area contributed by atoms with Gasteiger partial charge in [0, 0.05) is 56.6 Å². The molecule has 2 aliphatic heterocycles. The topological polar surface area (TPSA) is 77.0 Å². The minimum absolute atomic E-state index is 0.0591. The van der Waals surface area contributed by atoms with E-state index in [0.29, 0.717) is 18.6 Å². The summed E-state index contributed by atoms with van der Waals surface area (Å²) in [7, 11) is 3.49. The molecule has 0 aromatic carbocycles. The van der Waals surface area contributed by atoms with E-state index in [0.717, 1.165) is 16.5 Å². The van der Waals surface area contributed by atoms with Crippen molar-refractivity contribution in [3.8, 4) is 0 Å². The number of hydrogen-bond donors (Lipinski definition) is 1. The van der Waals surface area contributed by atoms with E-state index in [1.807, 2.05) is 25.5 Å². The minimum atomic E-state index is -0.561. The number of aliphatic imine (C=N–C) groups is 2. The number of rotatable bonds is 4. The third kappa shape index (κ3) is 2.81. The number of carbonyl (C=O) groups excluding carboxylic acids is 1. The molecular weight excluding hydrogens is 347 g/mol. The maximum Gasteiger partial charge on any atom is 0.223 e. The van der Waals surface area contributed by atoms with Gasteiger partial charge in [-0.3, -0.25) is 4.79 Å². The van der Waals surface area contributed by atoms with Crippen molar-refractivity contribution in [1.82, 2.24) is 19.8 Å². The number of H-pyrrole nitrogens is 1. The Labute approximate surface area is 156 Å². The van der Waals surface area contributed by atoms with Gasteiger partial charge in [0.15, 0.2) is 0 Å². The SMILES string of the molecule is CN(C)C(=O)CCN1C=C(c2c[nH]c3ncc(F)cc23)C2C=NC=NC21C. The Morgan fingerprint density at radius 2 is 2.26 bits per heavy atom. The number of halogens is 1. The van der Waals surface area contributed by atoms with Crippen molar-refractivity contribution in [1.29, 1.82) is 0 Å². The molecular formula is C19H21FN6O. The molecule has 8 heteroatoms. The molecule has 2 aromatic heterocycles. The van der Waals surface area contributed by atoms with Crippen molar-refractivity contribution < 1.29 is 9.18 Å². The quantitative estimate of drug-likeness (QED) is 0.899. The highest BCUT2D eigenvalue weighted by Gasteiger charge is 2.46. The first-order valence-corrected chi connectivity index (χ1v) is 8.79. The molecule has 0 saturated heterocycles. The van der Waals surface area contributed by atoms with Crippen molar-refractivity contribution >= 4 is 35.1 Å². The van der Waals surface area contributed by atoms with Crippen LogP contribution in [-0.4, -0.2) is 64.5 Å². The summed E-state index contributed by atoms with van der Waals surface area (Å²) in [6.07, 6.45) is 8.83. The number of aromatic nitrogens is 2. The molecule has 0 saturated carbocycles. The van der Waals surface area contributed by atoms with Gasteiger partial charge in [-0.15, -0.1) is 0 Å². The van der Waals surface area contributed by atoms with Crippen LogP contribution in [0.3, 0.4) is 0 Å². The summed E-state index contributed by atoms with van der Waals surface area (Å²) in [6, 6.07) is 1.48. The van der Waals surface area contributed by atoms with Crippen LogP contribution in [0.5, 0.6) is 0 Å². The summed E-state index contributed by atoms with van der Waals surface area (Å²) < 4.78 is 13.8. The fraction of sp³-hybridized carbons (Fsp3) is 0.368. The summed E-state index contributed by atoms with van der Waals surface area (Å²) in [5.41, 5.74) is 1.92. The molecule has 140 valence electrons. The molecule has 2 atom stereocenters. The molecule has 2 aromatic rings. The smallest absolute Gasteiger partial charge is 0.223 e. The zero-order valence-electron chi connectivity index (χ0n) is 15.5. The Bertz CT molecular complexity index is 991. The summed E-state index contributed by atoms with van der Waals surface area (Å²) in [5.74, 6) is -0.420. The maximum absolute atomic E-state index is 13.8. The Hall–Kier alpha value is -3.03. The lowest BCUT2D eigenvalue weighted by Gasteiger charge is -2.37. The monoisotopic (exact) mass is 368 g/mol. The lowest BCUT2D eigenvalue weighted by Crippen LogP contribution is -2.46. The van der Waals surface area contributed by atoms with E-state index in [4.69, 9.17) is 0 Å². The second-order valence-corrected chi connectivity index (χ2v) is 7.18. The van der Waals surface area contributed by atoms with Gasteiger partial charge in [0.25, 0.3) is 0 Å². The van der Waals surface area contributed by atoms with Gasteiger partial charge in [-0.1, -0.05) is 0 Å². The Kier molecular flexibility index (Phi) is 4.05. The van der Waals surface area contributed by atoms with Crippen LogP contribution in [0.25, 0.3) is 16.6 Å². The second-order valence-electron chi connectivity index (χ2n) is 7.18. The Morgan fingerprint density at radius 3 is 3.04 bits per heavy atom. The largest absolute Gasteiger partial charge is 0.352 e. The van der Waals surface area contributed by atoms with Crippen LogP contribution in [0.2, 0.25) is 0 Å². The van der Waals surface area contributed by atoms with Crippen LogP contribution in [0, 0.1) is 11.7 Å². The van der Waals surface area contributed by atoms with Gasteiger partial charge < -0.3 is 14.8 Å². The normalized spacial score (nSPS) is 23.6. The van der Waals surface area contributed by atoms with Crippen molar-refractivity contribution in [2.45, 2.75) is 19.0 Å². The standard InChI is InChI=1S/C19H21FN6O/c1-19-16(9-21-11-24-19)15(10-26(19)5-4-17(27)25(2)3)14-8-23-18-13(14)6-12(20)7-22-18/h6-11,16H,4-5H2,1-3H3,(H,22,23). The van der Waals surface area contributed by atoms with Crippen LogP contribution in [0.15, 0.2) is 34.6 Å². The molecule has 0 radical (unpaired) electrons. The van der Waals surface area contributed by atoms with Crippen molar-refractivity contribution in [2.75, 3.05) is 20.6 Å². The lowest BCUT2D eigenvalue weighted by atomic mass is 9.87. The van der Waals surface area contributed by atoms with Crippen LogP contribution in [0.4, 0.5) is 4.39 Å². The molecule has 4 heterocycles. The highest BCUT2D eigenvalue weighted by molar-refractivity contribution is 5.98. The number of nitrogens with one attached hydrogen (secondary N) is 1. The van der Waals surface area contributed by atoms with Gasteiger partial charge in [-0.05, 0) is 18.6 Å². The van der Waals surface area contributed by atoms with Crippen molar-refractivity contribution in [2.24, 2.45) is 15.9 Å². The highest BCUT2D eigenvalue weighted by atomic mass is 19.1.